The van der Waals surface area contributed by atoms with Crippen molar-refractivity contribution in [1.29, 1.82) is 0 Å². The molecule has 5 heteroatoms. The van der Waals surface area contributed by atoms with Crippen molar-refractivity contribution in [2.24, 2.45) is 0 Å². The number of aromatic hydroxyl groups is 1. The highest BCUT2D eigenvalue weighted by Crippen LogP contribution is 2.30. The second kappa shape index (κ2) is 5.61. The first-order chi connectivity index (χ1) is 7.00. The van der Waals surface area contributed by atoms with Crippen molar-refractivity contribution in [1.82, 2.24) is 5.32 Å². The van der Waals surface area contributed by atoms with E-state index >= 15 is 0 Å². The average Bonchev–Trinajstić information content (AvgIpc) is 2.12. The van der Waals surface area contributed by atoms with Crippen LogP contribution in [0.25, 0.3) is 0 Å². The van der Waals surface area contributed by atoms with Crippen LogP contribution in [0.4, 0.5) is 0 Å². The van der Waals surface area contributed by atoms with Gasteiger partial charge in [0.15, 0.2) is 0 Å². The Balaban J connectivity index is 2.72. The van der Waals surface area contributed by atoms with Crippen molar-refractivity contribution in [3.8, 4) is 5.75 Å². The minimum atomic E-state index is 0.0359. The maximum atomic E-state index is 9.60. The molecule has 1 aromatic rings. The molecule has 0 heterocycles. The average molecular weight is 267 g/mol. The van der Waals surface area contributed by atoms with Crippen LogP contribution in [0.5, 0.6) is 5.75 Å². The summed E-state index contributed by atoms with van der Waals surface area (Å²) in [7, 11) is 0. The van der Waals surface area contributed by atoms with Gasteiger partial charge in [0.25, 0.3) is 0 Å². The first-order valence-electron chi connectivity index (χ1n) is 4.21. The van der Waals surface area contributed by atoms with Crippen LogP contribution in [0.1, 0.15) is 5.56 Å². The first-order valence-corrected chi connectivity index (χ1v) is 5.35. The zero-order valence-corrected chi connectivity index (χ0v) is 10.1. The second-order valence-electron chi connectivity index (χ2n) is 3.02. The number of phenolic OH excluding ortho intramolecular Hbond substituents is 1. The van der Waals surface area contributed by atoms with E-state index in [0.29, 0.717) is 28.7 Å². The van der Waals surface area contributed by atoms with Crippen LogP contribution in [0.2, 0.25) is 10.0 Å². The van der Waals surface area contributed by atoms with E-state index in [4.69, 9.17) is 34.8 Å². The third kappa shape index (κ3) is 3.92. The predicted octanol–water partition coefficient (Wildman–Crippen LogP) is 3.54. The van der Waals surface area contributed by atoms with Crippen molar-refractivity contribution < 1.29 is 5.11 Å². The smallest absolute Gasteiger partial charge is 0.138 e. The molecule has 2 nitrogen and oxygen atoms in total. The van der Waals surface area contributed by atoms with Crippen LogP contribution in [-0.4, -0.2) is 11.7 Å². The minimum Gasteiger partial charge on any atom is -0.506 e. The summed E-state index contributed by atoms with van der Waals surface area (Å²) in [6.07, 6.45) is 0. The molecule has 0 aromatic heterocycles. The molecule has 0 bridgehead atoms. The number of benzene rings is 1. The molecule has 0 radical (unpaired) electrons. The molecule has 0 saturated carbocycles. The van der Waals surface area contributed by atoms with Gasteiger partial charge in [-0.2, -0.15) is 0 Å². The zero-order valence-electron chi connectivity index (χ0n) is 7.86. The third-order valence-electron chi connectivity index (χ3n) is 1.74. The number of rotatable bonds is 4. The molecule has 15 heavy (non-hydrogen) atoms. The Morgan fingerprint density at radius 1 is 1.40 bits per heavy atom. The highest BCUT2D eigenvalue weighted by Gasteiger charge is 2.07. The Hall–Kier alpha value is -0.410. The summed E-state index contributed by atoms with van der Waals surface area (Å²) in [5, 5.41) is 13.8. The molecule has 1 rings (SSSR count). The summed E-state index contributed by atoms with van der Waals surface area (Å²) in [5.74, 6) is 0.0359. The Kier molecular flexibility index (Phi) is 4.74. The van der Waals surface area contributed by atoms with Crippen molar-refractivity contribution in [3.05, 3.63) is 39.4 Å². The zero-order chi connectivity index (χ0) is 11.4. The van der Waals surface area contributed by atoms with E-state index in [0.717, 1.165) is 0 Å². The normalized spacial score (nSPS) is 10.3. The van der Waals surface area contributed by atoms with Crippen LogP contribution in [0.15, 0.2) is 23.7 Å². The molecule has 2 N–H and O–H groups in total. The summed E-state index contributed by atoms with van der Waals surface area (Å²) in [4.78, 5) is 0. The quantitative estimate of drug-likeness (QED) is 0.873. The van der Waals surface area contributed by atoms with Crippen molar-refractivity contribution >= 4 is 34.8 Å². The number of phenols is 1. The van der Waals surface area contributed by atoms with Crippen LogP contribution < -0.4 is 5.32 Å². The van der Waals surface area contributed by atoms with E-state index < -0.39 is 0 Å². The Morgan fingerprint density at radius 3 is 2.67 bits per heavy atom. The fourth-order valence-electron chi connectivity index (χ4n) is 1.09. The molecule has 0 fully saturated rings. The SMILES string of the molecule is C=C(Cl)CNCc1cc(Cl)cc(Cl)c1O. The van der Waals surface area contributed by atoms with Gasteiger partial charge in [-0.25, -0.2) is 0 Å². The van der Waals surface area contributed by atoms with Gasteiger partial charge in [0, 0.05) is 28.7 Å². The van der Waals surface area contributed by atoms with Gasteiger partial charge in [-0.05, 0) is 12.1 Å². The molecule has 0 aliphatic rings. The number of hydrogen-bond donors (Lipinski definition) is 2. The number of nitrogens with one attached hydrogen (secondary N) is 1. The van der Waals surface area contributed by atoms with Gasteiger partial charge in [-0.3, -0.25) is 0 Å². The minimum absolute atomic E-state index is 0.0359. The third-order valence-corrected chi connectivity index (χ3v) is 2.38. The summed E-state index contributed by atoms with van der Waals surface area (Å²) in [5.41, 5.74) is 0.630. The highest BCUT2D eigenvalue weighted by atomic mass is 35.5. The lowest BCUT2D eigenvalue weighted by Crippen LogP contribution is -2.14. The fourth-order valence-corrected chi connectivity index (χ4v) is 1.72. The molecule has 0 aliphatic heterocycles. The van der Waals surface area contributed by atoms with Crippen molar-refractivity contribution in [3.63, 3.8) is 0 Å². The summed E-state index contributed by atoms with van der Waals surface area (Å²) >= 11 is 17.1. The summed E-state index contributed by atoms with van der Waals surface area (Å²) in [6, 6.07) is 3.13. The summed E-state index contributed by atoms with van der Waals surface area (Å²) in [6.45, 7) is 4.42. The lowest BCUT2D eigenvalue weighted by atomic mass is 10.2. The lowest BCUT2D eigenvalue weighted by molar-refractivity contribution is 0.466. The van der Waals surface area contributed by atoms with Gasteiger partial charge < -0.3 is 10.4 Å². The number of halogens is 3. The lowest BCUT2D eigenvalue weighted by Gasteiger charge is -2.08. The molecule has 1 aromatic carbocycles. The molecule has 0 atom stereocenters. The maximum Gasteiger partial charge on any atom is 0.138 e. The topological polar surface area (TPSA) is 32.3 Å². The van der Waals surface area contributed by atoms with E-state index in [1.165, 1.54) is 6.07 Å². The first kappa shape index (κ1) is 12.7. The van der Waals surface area contributed by atoms with Gasteiger partial charge in [0.1, 0.15) is 5.75 Å². The van der Waals surface area contributed by atoms with E-state index in [1.54, 1.807) is 6.07 Å². The molecule has 0 saturated heterocycles. The monoisotopic (exact) mass is 265 g/mol. The Morgan fingerprint density at radius 2 is 2.07 bits per heavy atom. The maximum absolute atomic E-state index is 9.60. The van der Waals surface area contributed by atoms with E-state index in [9.17, 15) is 5.11 Å². The van der Waals surface area contributed by atoms with Gasteiger partial charge >= 0.3 is 0 Å². The van der Waals surface area contributed by atoms with Crippen LogP contribution in [0, 0.1) is 0 Å². The molecular weight excluding hydrogens is 256 g/mol. The molecule has 0 spiro atoms. The van der Waals surface area contributed by atoms with Crippen LogP contribution >= 0.6 is 34.8 Å². The van der Waals surface area contributed by atoms with E-state index in [1.807, 2.05) is 0 Å². The van der Waals surface area contributed by atoms with Gasteiger partial charge in [-0.1, -0.05) is 41.4 Å². The summed E-state index contributed by atoms with van der Waals surface area (Å²) < 4.78 is 0. The largest absolute Gasteiger partial charge is 0.506 e. The van der Waals surface area contributed by atoms with E-state index in [2.05, 4.69) is 11.9 Å². The second-order valence-corrected chi connectivity index (χ2v) is 4.39. The van der Waals surface area contributed by atoms with Gasteiger partial charge in [0.2, 0.25) is 0 Å². The van der Waals surface area contributed by atoms with Crippen LogP contribution in [0.3, 0.4) is 0 Å². The molecule has 0 amide bonds. The fraction of sp³-hybridized carbons (Fsp3) is 0.200. The Labute approximate surface area is 103 Å². The number of hydrogen-bond acceptors (Lipinski definition) is 2. The predicted molar refractivity (Wildman–Crippen MR) is 64.8 cm³/mol. The molecule has 0 unspecified atom stereocenters. The highest BCUT2D eigenvalue weighted by molar-refractivity contribution is 6.35. The molecule has 0 aliphatic carbocycles. The van der Waals surface area contributed by atoms with Crippen molar-refractivity contribution in [2.45, 2.75) is 6.54 Å². The molecule has 82 valence electrons. The van der Waals surface area contributed by atoms with Gasteiger partial charge in [0.05, 0.1) is 5.02 Å². The van der Waals surface area contributed by atoms with Crippen molar-refractivity contribution in [2.75, 3.05) is 6.54 Å². The van der Waals surface area contributed by atoms with Crippen LogP contribution in [-0.2, 0) is 6.54 Å². The Bertz CT molecular complexity index is 379. The standard InChI is InChI=1S/C10H10Cl3NO/c1-6(11)4-14-5-7-2-8(12)3-9(13)10(7)15/h2-3,14-15H,1,4-5H2. The van der Waals surface area contributed by atoms with E-state index in [-0.39, 0.29) is 10.8 Å². The molecular formula is C10H10Cl3NO. The van der Waals surface area contributed by atoms with Gasteiger partial charge in [-0.15, -0.1) is 0 Å².